The number of nitrogens with zero attached hydrogens (tertiary/aromatic N) is 1. The second kappa shape index (κ2) is 8.82. The molecule has 0 aromatic heterocycles. The number of hydrogen-bond acceptors (Lipinski definition) is 4. The van der Waals surface area contributed by atoms with Gasteiger partial charge in [-0.3, -0.25) is 14.4 Å². The number of imide groups is 1. The molecule has 1 aliphatic heterocycles. The van der Waals surface area contributed by atoms with E-state index in [9.17, 15) is 18.8 Å². The average Bonchev–Trinajstić information content (AvgIpc) is 3.00. The predicted molar refractivity (Wildman–Crippen MR) is 121 cm³/mol. The summed E-state index contributed by atoms with van der Waals surface area (Å²) >= 11 is 12.0. The highest BCUT2D eigenvalue weighted by Crippen LogP contribution is 2.30. The Morgan fingerprint density at radius 2 is 1.38 bits per heavy atom. The lowest BCUT2D eigenvalue weighted by atomic mass is 10.2. The summed E-state index contributed by atoms with van der Waals surface area (Å²) in [6.45, 7) is 0. The Bertz CT molecular complexity index is 1240. The van der Waals surface area contributed by atoms with Gasteiger partial charge in [-0.1, -0.05) is 23.2 Å². The minimum atomic E-state index is -0.656. The third kappa shape index (κ3) is 4.34. The van der Waals surface area contributed by atoms with Gasteiger partial charge in [-0.05, 0) is 72.8 Å². The molecule has 0 fully saturated rings. The van der Waals surface area contributed by atoms with Crippen molar-refractivity contribution >= 4 is 58.0 Å². The topological polar surface area (TPSA) is 78.5 Å². The third-order valence-corrected chi connectivity index (χ3v) is 5.23. The first-order valence-electron chi connectivity index (χ1n) is 9.31. The zero-order chi connectivity index (χ0) is 22.8. The molecule has 0 aliphatic carbocycles. The third-order valence-electron chi connectivity index (χ3n) is 4.63. The predicted octanol–water partition coefficient (Wildman–Crippen LogP) is 5.17. The Balaban J connectivity index is 1.47. The van der Waals surface area contributed by atoms with Crippen LogP contribution >= 0.6 is 23.2 Å². The average molecular weight is 470 g/mol. The molecule has 9 heteroatoms. The number of hydrogen-bond donors (Lipinski definition) is 2. The molecule has 32 heavy (non-hydrogen) atoms. The molecule has 1 aliphatic rings. The number of rotatable bonds is 5. The highest BCUT2D eigenvalue weighted by atomic mass is 35.5. The van der Waals surface area contributed by atoms with Crippen LogP contribution in [0.1, 0.15) is 10.4 Å². The van der Waals surface area contributed by atoms with Crippen LogP contribution < -0.4 is 15.5 Å². The number of carbonyl (C=O) groups is 3. The molecule has 0 bridgehead atoms. The van der Waals surface area contributed by atoms with E-state index < -0.39 is 17.6 Å². The van der Waals surface area contributed by atoms with E-state index >= 15 is 0 Å². The lowest BCUT2D eigenvalue weighted by molar-refractivity contribution is -0.120. The van der Waals surface area contributed by atoms with Crippen molar-refractivity contribution in [2.45, 2.75) is 0 Å². The fraction of sp³-hybridized carbons (Fsp3) is 0. The highest BCUT2D eigenvalue weighted by Gasteiger charge is 2.38. The number of anilines is 3. The van der Waals surface area contributed by atoms with Crippen molar-refractivity contribution in [3.8, 4) is 0 Å². The second-order valence-corrected chi connectivity index (χ2v) is 7.59. The van der Waals surface area contributed by atoms with Gasteiger partial charge in [-0.25, -0.2) is 9.29 Å². The lowest BCUT2D eigenvalue weighted by Gasteiger charge is -2.15. The van der Waals surface area contributed by atoms with Gasteiger partial charge in [0, 0.05) is 22.0 Å². The van der Waals surface area contributed by atoms with Gasteiger partial charge in [0.25, 0.3) is 17.7 Å². The number of carbonyl (C=O) groups excluding carboxylic acids is 3. The second-order valence-electron chi connectivity index (χ2n) is 6.77. The van der Waals surface area contributed by atoms with Gasteiger partial charge < -0.3 is 10.6 Å². The fourth-order valence-corrected chi connectivity index (χ4v) is 3.36. The zero-order valence-corrected chi connectivity index (χ0v) is 17.7. The Morgan fingerprint density at radius 1 is 0.781 bits per heavy atom. The first-order valence-corrected chi connectivity index (χ1v) is 10.1. The summed E-state index contributed by atoms with van der Waals surface area (Å²) < 4.78 is 13.0. The molecule has 0 saturated heterocycles. The van der Waals surface area contributed by atoms with Crippen LogP contribution in [0.4, 0.5) is 21.5 Å². The summed E-state index contributed by atoms with van der Waals surface area (Å²) in [5.41, 5.74) is 1.52. The van der Waals surface area contributed by atoms with E-state index in [1.165, 1.54) is 36.4 Å². The molecule has 1 heterocycles. The van der Waals surface area contributed by atoms with E-state index in [0.29, 0.717) is 27.6 Å². The lowest BCUT2D eigenvalue weighted by Crippen LogP contribution is -2.32. The van der Waals surface area contributed by atoms with Crippen molar-refractivity contribution in [1.82, 2.24) is 0 Å². The van der Waals surface area contributed by atoms with Gasteiger partial charge >= 0.3 is 0 Å². The molecule has 2 N–H and O–H groups in total. The monoisotopic (exact) mass is 469 g/mol. The maximum atomic E-state index is 13.0. The van der Waals surface area contributed by atoms with Crippen molar-refractivity contribution in [3.05, 3.63) is 99.9 Å². The molecule has 6 nitrogen and oxygen atoms in total. The SMILES string of the molecule is O=C(Nc1ccc(F)cc1)c1ccc(NC2=C(Cl)C(=O)N(c3ccc(Cl)cc3)C2=O)cc1. The first-order chi connectivity index (χ1) is 15.3. The van der Waals surface area contributed by atoms with Gasteiger partial charge in [0.15, 0.2) is 0 Å². The molecule has 4 rings (SSSR count). The van der Waals surface area contributed by atoms with E-state index in [4.69, 9.17) is 23.2 Å². The van der Waals surface area contributed by atoms with Crippen molar-refractivity contribution in [2.24, 2.45) is 0 Å². The van der Waals surface area contributed by atoms with Crippen LogP contribution in [-0.2, 0) is 9.59 Å². The number of amides is 3. The van der Waals surface area contributed by atoms with E-state index in [0.717, 1.165) is 4.90 Å². The number of benzene rings is 3. The van der Waals surface area contributed by atoms with E-state index in [2.05, 4.69) is 10.6 Å². The summed E-state index contributed by atoms with van der Waals surface area (Å²) in [4.78, 5) is 38.6. The van der Waals surface area contributed by atoms with Gasteiger partial charge in [-0.15, -0.1) is 0 Å². The Labute approximate surface area is 192 Å². The number of nitrogens with one attached hydrogen (secondary N) is 2. The minimum Gasteiger partial charge on any atom is -0.350 e. The van der Waals surface area contributed by atoms with Gasteiger partial charge in [0.05, 0.1) is 5.69 Å². The number of halogens is 3. The molecule has 3 amide bonds. The van der Waals surface area contributed by atoms with Crippen LogP contribution in [0.3, 0.4) is 0 Å². The molecule has 0 atom stereocenters. The van der Waals surface area contributed by atoms with Crippen LogP contribution in [0, 0.1) is 5.82 Å². The van der Waals surface area contributed by atoms with Crippen LogP contribution in [0.15, 0.2) is 83.5 Å². The molecular weight excluding hydrogens is 456 g/mol. The Kier molecular flexibility index (Phi) is 5.94. The standard InChI is InChI=1S/C23H14Cl2FN3O3/c24-14-3-11-18(12-4-14)29-22(31)19(25)20(23(29)32)27-16-7-1-13(2-8-16)21(30)28-17-9-5-15(26)6-10-17/h1-12,27H,(H,28,30). The van der Waals surface area contributed by atoms with E-state index in [1.54, 1.807) is 36.4 Å². The van der Waals surface area contributed by atoms with Crippen molar-refractivity contribution in [2.75, 3.05) is 15.5 Å². The largest absolute Gasteiger partial charge is 0.350 e. The summed E-state index contributed by atoms with van der Waals surface area (Å²) in [6, 6.07) is 17.8. The molecular formula is C23H14Cl2FN3O3. The maximum absolute atomic E-state index is 13.0. The van der Waals surface area contributed by atoms with Gasteiger partial charge in [-0.2, -0.15) is 0 Å². The minimum absolute atomic E-state index is 0.0740. The quantitative estimate of drug-likeness (QED) is 0.505. The normalized spacial score (nSPS) is 13.5. The summed E-state index contributed by atoms with van der Waals surface area (Å²) in [7, 11) is 0. The van der Waals surface area contributed by atoms with Crippen molar-refractivity contribution in [3.63, 3.8) is 0 Å². The Hall–Kier alpha value is -3.68. The van der Waals surface area contributed by atoms with Gasteiger partial charge in [0.1, 0.15) is 16.5 Å². The first kappa shape index (κ1) is 21.5. The Morgan fingerprint density at radius 3 is 2.00 bits per heavy atom. The van der Waals surface area contributed by atoms with Crippen LogP contribution in [0.2, 0.25) is 5.02 Å². The molecule has 3 aromatic rings. The van der Waals surface area contributed by atoms with Gasteiger partial charge in [0.2, 0.25) is 0 Å². The van der Waals surface area contributed by atoms with Crippen LogP contribution in [0.25, 0.3) is 0 Å². The summed E-state index contributed by atoms with van der Waals surface area (Å²) in [5, 5.41) is 5.71. The zero-order valence-electron chi connectivity index (χ0n) is 16.2. The smallest absolute Gasteiger partial charge is 0.283 e. The molecule has 0 unspecified atom stereocenters. The van der Waals surface area contributed by atoms with Crippen molar-refractivity contribution < 1.29 is 18.8 Å². The molecule has 0 saturated carbocycles. The fourth-order valence-electron chi connectivity index (χ4n) is 3.02. The summed E-state index contributed by atoms with van der Waals surface area (Å²) in [5.74, 6) is -2.06. The molecule has 3 aromatic carbocycles. The van der Waals surface area contributed by atoms with Crippen molar-refractivity contribution in [1.29, 1.82) is 0 Å². The van der Waals surface area contributed by atoms with Crippen LogP contribution in [0.5, 0.6) is 0 Å². The summed E-state index contributed by atoms with van der Waals surface area (Å²) in [6.07, 6.45) is 0. The molecule has 0 radical (unpaired) electrons. The molecule has 160 valence electrons. The molecule has 0 spiro atoms. The van der Waals surface area contributed by atoms with Crippen LogP contribution in [-0.4, -0.2) is 17.7 Å². The highest BCUT2D eigenvalue weighted by molar-refractivity contribution is 6.53. The van der Waals surface area contributed by atoms with E-state index in [-0.39, 0.29) is 16.6 Å². The van der Waals surface area contributed by atoms with E-state index in [1.807, 2.05) is 0 Å². The maximum Gasteiger partial charge on any atom is 0.283 e.